The van der Waals surface area contributed by atoms with E-state index >= 15 is 0 Å². The summed E-state index contributed by atoms with van der Waals surface area (Å²) in [6, 6.07) is 7.30. The maximum absolute atomic E-state index is 12.6. The van der Waals surface area contributed by atoms with E-state index in [0.717, 1.165) is 11.3 Å². The molecule has 0 amide bonds. The second-order valence-electron chi connectivity index (χ2n) is 4.78. The third kappa shape index (κ3) is 2.42. The normalized spacial score (nSPS) is 11.2. The minimum absolute atomic E-state index is 0.183. The maximum Gasteiger partial charge on any atom is 0.296 e. The number of fused-ring (bicyclic) bond motifs is 1. The van der Waals surface area contributed by atoms with Gasteiger partial charge in [0.1, 0.15) is 5.52 Å². The summed E-state index contributed by atoms with van der Waals surface area (Å²) in [7, 11) is 0. The Kier molecular flexibility index (Phi) is 3.47. The molecule has 0 bridgehead atoms. The highest BCUT2D eigenvalue weighted by Crippen LogP contribution is 2.12. The molecule has 2 heterocycles. The predicted octanol–water partition coefficient (Wildman–Crippen LogP) is 2.02. The first-order chi connectivity index (χ1) is 10.1. The van der Waals surface area contributed by atoms with Crippen LogP contribution >= 0.6 is 11.6 Å². The SMILES string of the molecule is CCn1nc(C)c2nnn(Cc3ccc(Cl)cc3)c(=O)c21. The van der Waals surface area contributed by atoms with Crippen molar-refractivity contribution in [1.29, 1.82) is 0 Å². The van der Waals surface area contributed by atoms with E-state index in [1.807, 2.05) is 26.0 Å². The first-order valence-electron chi connectivity index (χ1n) is 6.65. The Labute approximate surface area is 126 Å². The van der Waals surface area contributed by atoms with E-state index in [9.17, 15) is 4.79 Å². The highest BCUT2D eigenvalue weighted by molar-refractivity contribution is 6.30. The fourth-order valence-electron chi connectivity index (χ4n) is 2.26. The lowest BCUT2D eigenvalue weighted by atomic mass is 10.2. The van der Waals surface area contributed by atoms with Crippen LogP contribution in [0.15, 0.2) is 29.1 Å². The van der Waals surface area contributed by atoms with E-state index in [0.29, 0.717) is 29.1 Å². The number of aromatic nitrogens is 5. The van der Waals surface area contributed by atoms with Crippen molar-refractivity contribution < 1.29 is 0 Å². The van der Waals surface area contributed by atoms with Crippen molar-refractivity contribution in [3.05, 3.63) is 50.9 Å². The number of aryl methyl sites for hydroxylation is 2. The van der Waals surface area contributed by atoms with Gasteiger partial charge in [-0.15, -0.1) is 5.10 Å². The minimum atomic E-state index is -0.183. The summed E-state index contributed by atoms with van der Waals surface area (Å²) in [4.78, 5) is 12.6. The molecule has 3 rings (SSSR count). The molecule has 2 aromatic heterocycles. The van der Waals surface area contributed by atoms with E-state index in [4.69, 9.17) is 11.6 Å². The Morgan fingerprint density at radius 1 is 1.19 bits per heavy atom. The zero-order valence-electron chi connectivity index (χ0n) is 11.7. The number of benzene rings is 1. The van der Waals surface area contributed by atoms with E-state index in [1.165, 1.54) is 4.68 Å². The number of rotatable bonds is 3. The first-order valence-corrected chi connectivity index (χ1v) is 7.03. The molecule has 1 aromatic carbocycles. The van der Waals surface area contributed by atoms with Crippen molar-refractivity contribution in [1.82, 2.24) is 24.8 Å². The van der Waals surface area contributed by atoms with Crippen LogP contribution in [0.1, 0.15) is 18.2 Å². The average Bonchev–Trinajstić information content (AvgIpc) is 2.81. The topological polar surface area (TPSA) is 65.6 Å². The molecule has 0 spiro atoms. The molecule has 6 nitrogen and oxygen atoms in total. The van der Waals surface area contributed by atoms with Crippen LogP contribution in [-0.2, 0) is 13.1 Å². The van der Waals surface area contributed by atoms with Crippen LogP contribution in [-0.4, -0.2) is 24.8 Å². The molecular weight excluding hydrogens is 290 g/mol. The van der Waals surface area contributed by atoms with Gasteiger partial charge in [-0.05, 0) is 31.5 Å². The van der Waals surface area contributed by atoms with E-state index in [-0.39, 0.29) is 5.56 Å². The summed E-state index contributed by atoms with van der Waals surface area (Å²) < 4.78 is 3.01. The van der Waals surface area contributed by atoms with Crippen LogP contribution in [0.5, 0.6) is 0 Å². The van der Waals surface area contributed by atoms with E-state index in [2.05, 4.69) is 15.4 Å². The molecule has 0 N–H and O–H groups in total. The number of nitrogens with zero attached hydrogens (tertiary/aromatic N) is 5. The molecule has 0 saturated heterocycles. The molecule has 0 radical (unpaired) electrons. The molecule has 108 valence electrons. The van der Waals surface area contributed by atoms with E-state index in [1.54, 1.807) is 16.8 Å². The van der Waals surface area contributed by atoms with Crippen LogP contribution in [0.3, 0.4) is 0 Å². The zero-order valence-corrected chi connectivity index (χ0v) is 12.5. The van der Waals surface area contributed by atoms with Gasteiger partial charge < -0.3 is 0 Å². The summed E-state index contributed by atoms with van der Waals surface area (Å²) >= 11 is 5.86. The number of hydrogen-bond donors (Lipinski definition) is 0. The lowest BCUT2D eigenvalue weighted by molar-refractivity contribution is 0.592. The van der Waals surface area contributed by atoms with Gasteiger partial charge in [0, 0.05) is 11.6 Å². The van der Waals surface area contributed by atoms with Gasteiger partial charge in [-0.25, -0.2) is 4.68 Å². The van der Waals surface area contributed by atoms with Crippen LogP contribution in [0.4, 0.5) is 0 Å². The van der Waals surface area contributed by atoms with Crippen LogP contribution in [0, 0.1) is 6.92 Å². The molecule has 0 aliphatic carbocycles. The van der Waals surface area contributed by atoms with Crippen molar-refractivity contribution in [2.45, 2.75) is 26.9 Å². The molecule has 0 aliphatic rings. The third-order valence-electron chi connectivity index (χ3n) is 3.33. The largest absolute Gasteiger partial charge is 0.296 e. The van der Waals surface area contributed by atoms with Crippen molar-refractivity contribution in [3.63, 3.8) is 0 Å². The van der Waals surface area contributed by atoms with Gasteiger partial charge in [0.15, 0.2) is 5.52 Å². The standard InChI is InChI=1S/C14H14ClN5O/c1-3-19-13-12(9(2)17-19)16-18-20(14(13)21)8-10-4-6-11(15)7-5-10/h4-7H,3,8H2,1-2H3. The van der Waals surface area contributed by atoms with Gasteiger partial charge in [0.05, 0.1) is 12.2 Å². The third-order valence-corrected chi connectivity index (χ3v) is 3.58. The summed E-state index contributed by atoms with van der Waals surface area (Å²) in [6.07, 6.45) is 0. The van der Waals surface area contributed by atoms with Crippen LogP contribution in [0.2, 0.25) is 5.02 Å². The molecule has 3 aromatic rings. The van der Waals surface area contributed by atoms with Crippen LogP contribution in [0.25, 0.3) is 11.0 Å². The maximum atomic E-state index is 12.6. The molecule has 0 aliphatic heterocycles. The minimum Gasteiger partial charge on any atom is -0.265 e. The fraction of sp³-hybridized carbons (Fsp3) is 0.286. The van der Waals surface area contributed by atoms with Gasteiger partial charge in [0.25, 0.3) is 5.56 Å². The number of halogens is 1. The zero-order chi connectivity index (χ0) is 15.0. The fourth-order valence-corrected chi connectivity index (χ4v) is 2.39. The molecule has 0 unspecified atom stereocenters. The summed E-state index contributed by atoms with van der Waals surface area (Å²) in [5, 5.41) is 13.1. The second-order valence-corrected chi connectivity index (χ2v) is 5.21. The summed E-state index contributed by atoms with van der Waals surface area (Å²) in [5.74, 6) is 0. The second kappa shape index (κ2) is 5.29. The molecule has 0 atom stereocenters. The quantitative estimate of drug-likeness (QED) is 0.742. The molecular formula is C14H14ClN5O. The Balaban J connectivity index is 2.09. The first kappa shape index (κ1) is 13.8. The van der Waals surface area contributed by atoms with Gasteiger partial charge in [-0.3, -0.25) is 9.48 Å². The van der Waals surface area contributed by atoms with Gasteiger partial charge >= 0.3 is 0 Å². The predicted molar refractivity (Wildman–Crippen MR) is 80.5 cm³/mol. The van der Waals surface area contributed by atoms with Crippen molar-refractivity contribution in [2.24, 2.45) is 0 Å². The van der Waals surface area contributed by atoms with E-state index < -0.39 is 0 Å². The molecule has 0 saturated carbocycles. The van der Waals surface area contributed by atoms with Gasteiger partial charge in [-0.2, -0.15) is 5.10 Å². The lowest BCUT2D eigenvalue weighted by Crippen LogP contribution is -2.26. The Morgan fingerprint density at radius 3 is 2.57 bits per heavy atom. The molecule has 0 fully saturated rings. The summed E-state index contributed by atoms with van der Waals surface area (Å²) in [5.41, 5.74) is 2.54. The van der Waals surface area contributed by atoms with Crippen molar-refractivity contribution >= 4 is 22.6 Å². The van der Waals surface area contributed by atoms with Crippen molar-refractivity contribution in [2.75, 3.05) is 0 Å². The van der Waals surface area contributed by atoms with Crippen molar-refractivity contribution in [3.8, 4) is 0 Å². The molecule has 21 heavy (non-hydrogen) atoms. The average molecular weight is 304 g/mol. The Morgan fingerprint density at radius 2 is 1.90 bits per heavy atom. The Hall–Kier alpha value is -2.21. The lowest BCUT2D eigenvalue weighted by Gasteiger charge is -2.05. The highest BCUT2D eigenvalue weighted by Gasteiger charge is 2.14. The molecule has 7 heteroatoms. The van der Waals surface area contributed by atoms with Crippen LogP contribution < -0.4 is 5.56 Å². The monoisotopic (exact) mass is 303 g/mol. The Bertz CT molecular complexity index is 850. The highest BCUT2D eigenvalue weighted by atomic mass is 35.5. The van der Waals surface area contributed by atoms with Gasteiger partial charge in [0.2, 0.25) is 0 Å². The smallest absolute Gasteiger partial charge is 0.265 e. The summed E-state index contributed by atoms with van der Waals surface area (Å²) in [6.45, 7) is 4.74. The number of hydrogen-bond acceptors (Lipinski definition) is 4. The van der Waals surface area contributed by atoms with Gasteiger partial charge in [-0.1, -0.05) is 28.9 Å².